The molecular formula is C29H30O8P2. The Morgan fingerprint density at radius 3 is 0.923 bits per heavy atom. The highest BCUT2D eigenvalue weighted by Gasteiger charge is 2.37. The summed E-state index contributed by atoms with van der Waals surface area (Å²) in [4.78, 5) is 0. The predicted octanol–water partition coefficient (Wildman–Crippen LogP) is 8.58. The van der Waals surface area contributed by atoms with Gasteiger partial charge in [0.05, 0.1) is 13.2 Å². The predicted molar refractivity (Wildman–Crippen MR) is 149 cm³/mol. The molecule has 0 radical (unpaired) electrons. The van der Waals surface area contributed by atoms with Crippen molar-refractivity contribution >= 4 is 15.6 Å². The lowest BCUT2D eigenvalue weighted by Crippen LogP contribution is -2.26. The molecule has 4 aromatic rings. The van der Waals surface area contributed by atoms with E-state index in [2.05, 4.69) is 0 Å². The molecule has 39 heavy (non-hydrogen) atoms. The number of phosphoric ester groups is 2. The Kier molecular flexibility index (Phi) is 9.50. The lowest BCUT2D eigenvalue weighted by molar-refractivity contribution is 0.0769. The summed E-state index contributed by atoms with van der Waals surface area (Å²) in [6, 6.07) is 34.4. The zero-order valence-corrected chi connectivity index (χ0v) is 23.4. The molecule has 0 spiro atoms. The van der Waals surface area contributed by atoms with E-state index in [1.807, 2.05) is 24.3 Å². The van der Waals surface area contributed by atoms with Crippen molar-refractivity contribution in [2.45, 2.75) is 13.8 Å². The van der Waals surface area contributed by atoms with Gasteiger partial charge in [0.15, 0.2) is 0 Å². The van der Waals surface area contributed by atoms with Crippen LogP contribution in [0.25, 0.3) is 0 Å². The van der Waals surface area contributed by atoms with E-state index in [0.29, 0.717) is 23.0 Å². The summed E-state index contributed by atoms with van der Waals surface area (Å²) < 4.78 is 61.6. The first kappa shape index (κ1) is 28.5. The smallest absolute Gasteiger partial charge is 0.395 e. The molecular weight excluding hydrogens is 538 g/mol. The fourth-order valence-electron chi connectivity index (χ4n) is 3.13. The van der Waals surface area contributed by atoms with Crippen molar-refractivity contribution in [1.82, 2.24) is 0 Å². The van der Waals surface area contributed by atoms with Crippen molar-refractivity contribution in [3.8, 4) is 23.0 Å². The molecule has 0 saturated carbocycles. The third-order valence-corrected chi connectivity index (χ3v) is 7.70. The first-order valence-corrected chi connectivity index (χ1v) is 15.1. The second kappa shape index (κ2) is 13.0. The average Bonchev–Trinajstić information content (AvgIpc) is 2.93. The van der Waals surface area contributed by atoms with Gasteiger partial charge in [0, 0.05) is 5.41 Å². The van der Waals surface area contributed by atoms with E-state index in [4.69, 9.17) is 27.1 Å². The Morgan fingerprint density at radius 1 is 0.462 bits per heavy atom. The van der Waals surface area contributed by atoms with E-state index in [1.54, 1.807) is 111 Å². The van der Waals surface area contributed by atoms with Gasteiger partial charge in [-0.2, -0.15) is 0 Å². The molecule has 0 fully saturated rings. The largest absolute Gasteiger partial charge is 0.587 e. The SMILES string of the molecule is CC(C)(COP(=O)(Oc1ccccc1)Oc1ccccc1)COP(=O)(Oc1ccccc1)Oc1ccccc1. The van der Waals surface area contributed by atoms with Crippen LogP contribution >= 0.6 is 15.6 Å². The van der Waals surface area contributed by atoms with Crippen molar-refractivity contribution in [2.75, 3.05) is 13.2 Å². The highest BCUT2D eigenvalue weighted by molar-refractivity contribution is 7.49. The summed E-state index contributed by atoms with van der Waals surface area (Å²) in [6.45, 7) is 3.33. The van der Waals surface area contributed by atoms with Crippen LogP contribution in [-0.4, -0.2) is 13.2 Å². The van der Waals surface area contributed by atoms with E-state index in [1.165, 1.54) is 0 Å². The van der Waals surface area contributed by atoms with Gasteiger partial charge >= 0.3 is 15.6 Å². The maximum atomic E-state index is 13.7. The maximum absolute atomic E-state index is 13.7. The van der Waals surface area contributed by atoms with Crippen LogP contribution in [0.2, 0.25) is 0 Å². The molecule has 0 amide bonds. The van der Waals surface area contributed by atoms with E-state index in [-0.39, 0.29) is 13.2 Å². The molecule has 0 aliphatic carbocycles. The van der Waals surface area contributed by atoms with Crippen LogP contribution in [0.1, 0.15) is 13.8 Å². The Balaban J connectivity index is 1.46. The van der Waals surface area contributed by atoms with Crippen molar-refractivity contribution < 1.29 is 36.3 Å². The van der Waals surface area contributed by atoms with Gasteiger partial charge in [-0.05, 0) is 48.5 Å². The van der Waals surface area contributed by atoms with Gasteiger partial charge in [0.2, 0.25) is 0 Å². The second-order valence-corrected chi connectivity index (χ2v) is 12.3. The molecule has 4 aromatic carbocycles. The number of rotatable bonds is 14. The van der Waals surface area contributed by atoms with Crippen LogP contribution < -0.4 is 18.1 Å². The maximum Gasteiger partial charge on any atom is 0.587 e. The summed E-state index contributed by atoms with van der Waals surface area (Å²) in [5.41, 5.74) is -0.814. The fourth-order valence-corrected chi connectivity index (χ4v) is 5.95. The van der Waals surface area contributed by atoms with Crippen molar-refractivity contribution in [1.29, 1.82) is 0 Å². The molecule has 0 bridgehead atoms. The molecule has 0 N–H and O–H groups in total. The summed E-state index contributed by atoms with van der Waals surface area (Å²) in [6.07, 6.45) is 0. The molecule has 0 aromatic heterocycles. The van der Waals surface area contributed by atoms with Crippen LogP contribution in [0.15, 0.2) is 121 Å². The fraction of sp³-hybridized carbons (Fsp3) is 0.172. The summed E-state index contributed by atoms with van der Waals surface area (Å²) >= 11 is 0. The third-order valence-electron chi connectivity index (χ3n) is 5.07. The minimum absolute atomic E-state index is 0.124. The molecule has 10 heteroatoms. The van der Waals surface area contributed by atoms with Crippen LogP contribution in [0.5, 0.6) is 23.0 Å². The van der Waals surface area contributed by atoms with Crippen LogP contribution in [-0.2, 0) is 18.2 Å². The molecule has 0 saturated heterocycles. The minimum atomic E-state index is -4.12. The zero-order chi connectivity index (χ0) is 27.6. The van der Waals surface area contributed by atoms with Crippen LogP contribution in [0.3, 0.4) is 0 Å². The van der Waals surface area contributed by atoms with E-state index in [0.717, 1.165) is 0 Å². The molecule has 8 nitrogen and oxygen atoms in total. The monoisotopic (exact) mass is 568 g/mol. The molecule has 0 heterocycles. The standard InChI is InChI=1S/C29H30O8P2/c1-29(2,23-32-38(30,34-25-15-7-3-8-16-25)35-26-17-9-4-10-18-26)24-33-39(31,36-27-19-11-5-12-20-27)37-28-21-13-6-14-22-28/h3-22H,23-24H2,1-2H3. The van der Waals surface area contributed by atoms with Gasteiger partial charge in [-0.15, -0.1) is 0 Å². The van der Waals surface area contributed by atoms with Gasteiger partial charge in [-0.3, -0.25) is 9.05 Å². The van der Waals surface area contributed by atoms with Crippen LogP contribution in [0, 0.1) is 5.41 Å². The van der Waals surface area contributed by atoms with E-state index >= 15 is 0 Å². The minimum Gasteiger partial charge on any atom is -0.395 e. The molecule has 0 unspecified atom stereocenters. The molecule has 4 rings (SSSR count). The van der Waals surface area contributed by atoms with Gasteiger partial charge in [0.1, 0.15) is 23.0 Å². The van der Waals surface area contributed by atoms with Crippen LogP contribution in [0.4, 0.5) is 0 Å². The number of hydrogen-bond acceptors (Lipinski definition) is 8. The molecule has 0 aliphatic heterocycles. The number of hydrogen-bond donors (Lipinski definition) is 0. The average molecular weight is 568 g/mol. The highest BCUT2D eigenvalue weighted by Crippen LogP contribution is 2.53. The van der Waals surface area contributed by atoms with Gasteiger partial charge in [0.25, 0.3) is 0 Å². The van der Waals surface area contributed by atoms with Crippen molar-refractivity contribution in [2.24, 2.45) is 5.41 Å². The lowest BCUT2D eigenvalue weighted by atomic mass is 9.97. The normalized spacial score (nSPS) is 11.9. The van der Waals surface area contributed by atoms with E-state index in [9.17, 15) is 9.13 Å². The molecule has 204 valence electrons. The van der Waals surface area contributed by atoms with Gasteiger partial charge < -0.3 is 18.1 Å². The first-order chi connectivity index (χ1) is 18.7. The van der Waals surface area contributed by atoms with Crippen molar-refractivity contribution in [3.63, 3.8) is 0 Å². The third kappa shape index (κ3) is 9.31. The summed E-state index contributed by atoms with van der Waals surface area (Å²) in [5.74, 6) is 1.29. The summed E-state index contributed by atoms with van der Waals surface area (Å²) in [5, 5.41) is 0. The lowest BCUT2D eigenvalue weighted by Gasteiger charge is -2.28. The molecule has 0 aliphatic rings. The molecule has 0 atom stereocenters. The second-order valence-electron chi connectivity index (χ2n) is 9.22. The quantitative estimate of drug-likeness (QED) is 0.140. The highest BCUT2D eigenvalue weighted by atomic mass is 31.2. The Morgan fingerprint density at radius 2 is 0.692 bits per heavy atom. The summed E-state index contributed by atoms with van der Waals surface area (Å²) in [7, 11) is -8.24. The van der Waals surface area contributed by atoms with Gasteiger partial charge in [-0.1, -0.05) is 86.6 Å². The Hall–Kier alpha value is -3.54. The Bertz CT molecular complexity index is 1190. The first-order valence-electron chi connectivity index (χ1n) is 12.2. The Labute approximate surface area is 228 Å². The van der Waals surface area contributed by atoms with Crippen molar-refractivity contribution in [3.05, 3.63) is 121 Å². The topological polar surface area (TPSA) is 89.5 Å². The number of benzene rings is 4. The number of phosphoric acid groups is 2. The zero-order valence-electron chi connectivity index (χ0n) is 21.6. The van der Waals surface area contributed by atoms with Gasteiger partial charge in [-0.25, -0.2) is 9.13 Å². The van der Waals surface area contributed by atoms with E-state index < -0.39 is 21.1 Å². The number of para-hydroxylation sites is 4.